The maximum absolute atomic E-state index is 13.5. The number of hydrogen-bond acceptors (Lipinski definition) is 5. The fourth-order valence-corrected chi connectivity index (χ4v) is 4.72. The summed E-state index contributed by atoms with van der Waals surface area (Å²) in [6.45, 7) is 8.05. The van der Waals surface area contributed by atoms with E-state index in [9.17, 15) is 4.79 Å². The van der Waals surface area contributed by atoms with E-state index in [2.05, 4.69) is 29.3 Å². The van der Waals surface area contributed by atoms with E-state index in [1.54, 1.807) is 0 Å². The van der Waals surface area contributed by atoms with E-state index in [1.165, 1.54) is 6.42 Å². The Kier molecular flexibility index (Phi) is 4.00. The van der Waals surface area contributed by atoms with Crippen LogP contribution in [0.5, 0.6) is 0 Å². The van der Waals surface area contributed by atoms with Gasteiger partial charge in [-0.25, -0.2) is 4.98 Å². The topological polar surface area (TPSA) is 71.3 Å². The fourth-order valence-electron chi connectivity index (χ4n) is 4.72. The molecule has 1 amide bonds. The molecule has 6 nitrogen and oxygen atoms in total. The summed E-state index contributed by atoms with van der Waals surface area (Å²) >= 11 is 0. The van der Waals surface area contributed by atoms with Crippen molar-refractivity contribution in [1.29, 1.82) is 0 Å². The average molecular weight is 368 g/mol. The lowest BCUT2D eigenvalue weighted by Gasteiger charge is -2.39. The van der Waals surface area contributed by atoms with Crippen LogP contribution in [0.4, 0.5) is 0 Å². The van der Waals surface area contributed by atoms with E-state index < -0.39 is 0 Å². The third-order valence-electron chi connectivity index (χ3n) is 6.71. The van der Waals surface area contributed by atoms with Crippen LogP contribution in [0, 0.1) is 5.41 Å². The first-order valence-corrected chi connectivity index (χ1v) is 10.4. The SMILES string of the molecule is CC(C)c1noc2nc(C3CC3)cc(C(=O)N3CCC4(CCNC4)CC3)c12. The molecule has 1 spiro atoms. The number of nitrogens with zero attached hydrogens (tertiary/aromatic N) is 3. The van der Waals surface area contributed by atoms with Crippen LogP contribution >= 0.6 is 0 Å². The van der Waals surface area contributed by atoms with Crippen LogP contribution in [0.2, 0.25) is 0 Å². The smallest absolute Gasteiger partial charge is 0.259 e. The highest BCUT2D eigenvalue weighted by atomic mass is 16.5. The Bertz CT molecular complexity index is 868. The van der Waals surface area contributed by atoms with Gasteiger partial charge in [-0.3, -0.25) is 4.79 Å². The molecule has 4 heterocycles. The molecule has 2 aromatic rings. The van der Waals surface area contributed by atoms with Crippen molar-refractivity contribution in [3.8, 4) is 0 Å². The molecule has 0 aromatic carbocycles. The molecule has 0 bridgehead atoms. The second-order valence-corrected chi connectivity index (χ2v) is 8.99. The quantitative estimate of drug-likeness (QED) is 0.899. The van der Waals surface area contributed by atoms with Gasteiger partial charge < -0.3 is 14.7 Å². The van der Waals surface area contributed by atoms with Gasteiger partial charge in [0.1, 0.15) is 0 Å². The molecule has 3 fully saturated rings. The number of hydrogen-bond donors (Lipinski definition) is 1. The van der Waals surface area contributed by atoms with E-state index >= 15 is 0 Å². The molecule has 144 valence electrons. The summed E-state index contributed by atoms with van der Waals surface area (Å²) in [6.07, 6.45) is 5.73. The second kappa shape index (κ2) is 6.30. The minimum atomic E-state index is 0.121. The fraction of sp³-hybridized carbons (Fsp3) is 0.667. The maximum Gasteiger partial charge on any atom is 0.259 e. The lowest BCUT2D eigenvalue weighted by atomic mass is 9.77. The Morgan fingerprint density at radius 3 is 2.70 bits per heavy atom. The summed E-state index contributed by atoms with van der Waals surface area (Å²) in [7, 11) is 0. The minimum absolute atomic E-state index is 0.121. The third-order valence-corrected chi connectivity index (χ3v) is 6.71. The van der Waals surface area contributed by atoms with Crippen LogP contribution in [0.1, 0.15) is 79.5 Å². The Hall–Kier alpha value is -1.95. The summed E-state index contributed by atoms with van der Waals surface area (Å²) in [4.78, 5) is 20.2. The Labute approximate surface area is 159 Å². The molecule has 1 saturated carbocycles. The Balaban J connectivity index is 1.49. The van der Waals surface area contributed by atoms with Gasteiger partial charge in [0.25, 0.3) is 11.6 Å². The van der Waals surface area contributed by atoms with Crippen molar-refractivity contribution in [3.05, 3.63) is 23.0 Å². The van der Waals surface area contributed by atoms with Crippen LogP contribution in [-0.4, -0.2) is 47.1 Å². The summed E-state index contributed by atoms with van der Waals surface area (Å²) in [5, 5.41) is 8.56. The van der Waals surface area contributed by atoms with Crippen LogP contribution < -0.4 is 5.32 Å². The molecule has 2 aliphatic heterocycles. The number of rotatable bonds is 3. The van der Waals surface area contributed by atoms with Gasteiger partial charge in [-0.2, -0.15) is 0 Å². The summed E-state index contributed by atoms with van der Waals surface area (Å²) < 4.78 is 5.54. The number of piperidine rings is 1. The van der Waals surface area contributed by atoms with Gasteiger partial charge in [-0.05, 0) is 56.0 Å². The zero-order valence-electron chi connectivity index (χ0n) is 16.3. The molecular formula is C21H28N4O2. The van der Waals surface area contributed by atoms with Crippen LogP contribution in [0.25, 0.3) is 11.1 Å². The van der Waals surface area contributed by atoms with E-state index in [0.717, 1.165) is 74.2 Å². The average Bonchev–Trinajstić information content (AvgIpc) is 3.28. The van der Waals surface area contributed by atoms with Gasteiger partial charge in [0, 0.05) is 31.2 Å². The van der Waals surface area contributed by atoms with Gasteiger partial charge >= 0.3 is 0 Å². The first-order valence-electron chi connectivity index (χ1n) is 10.4. The first-order chi connectivity index (χ1) is 13.1. The van der Waals surface area contributed by atoms with Gasteiger partial charge in [0.15, 0.2) is 0 Å². The summed E-state index contributed by atoms with van der Waals surface area (Å²) in [5.41, 5.74) is 3.51. The molecule has 1 N–H and O–H groups in total. The summed E-state index contributed by atoms with van der Waals surface area (Å²) in [6, 6.07) is 2.02. The number of carbonyl (C=O) groups excluding carboxylic acids is 1. The molecular weight excluding hydrogens is 340 g/mol. The number of aromatic nitrogens is 2. The largest absolute Gasteiger partial charge is 0.339 e. The maximum atomic E-state index is 13.5. The first kappa shape index (κ1) is 17.2. The van der Waals surface area contributed by atoms with Crippen LogP contribution in [0.3, 0.4) is 0 Å². The Morgan fingerprint density at radius 2 is 2.07 bits per heavy atom. The number of carbonyl (C=O) groups is 1. The predicted molar refractivity (Wildman–Crippen MR) is 103 cm³/mol. The highest BCUT2D eigenvalue weighted by molar-refractivity contribution is 6.06. The van der Waals surface area contributed by atoms with Crippen LogP contribution in [0.15, 0.2) is 10.6 Å². The molecule has 2 saturated heterocycles. The summed E-state index contributed by atoms with van der Waals surface area (Å²) in [5.74, 6) is 0.790. The number of fused-ring (bicyclic) bond motifs is 1. The number of nitrogens with one attached hydrogen (secondary N) is 1. The van der Waals surface area contributed by atoms with Gasteiger partial charge in [0.05, 0.1) is 16.6 Å². The molecule has 0 atom stereocenters. The van der Waals surface area contributed by atoms with Gasteiger partial charge in [0.2, 0.25) is 0 Å². The van der Waals surface area contributed by atoms with Crippen molar-refractivity contribution in [3.63, 3.8) is 0 Å². The van der Waals surface area contributed by atoms with Crippen LogP contribution in [-0.2, 0) is 0 Å². The third kappa shape index (κ3) is 2.94. The minimum Gasteiger partial charge on any atom is -0.339 e. The van der Waals surface area contributed by atoms with E-state index in [4.69, 9.17) is 4.52 Å². The van der Waals surface area contributed by atoms with Crippen molar-refractivity contribution in [2.75, 3.05) is 26.2 Å². The van der Waals surface area contributed by atoms with Crippen molar-refractivity contribution >= 4 is 17.0 Å². The van der Waals surface area contributed by atoms with E-state index in [1.807, 2.05) is 11.0 Å². The lowest BCUT2D eigenvalue weighted by molar-refractivity contribution is 0.0609. The lowest BCUT2D eigenvalue weighted by Crippen LogP contribution is -2.44. The number of likely N-dealkylation sites (tertiary alicyclic amines) is 1. The van der Waals surface area contributed by atoms with E-state index in [-0.39, 0.29) is 11.8 Å². The Morgan fingerprint density at radius 1 is 1.30 bits per heavy atom. The van der Waals surface area contributed by atoms with Crippen molar-refractivity contribution in [2.24, 2.45) is 5.41 Å². The molecule has 5 rings (SSSR count). The normalized spacial score (nSPS) is 22.3. The molecule has 3 aliphatic rings. The second-order valence-electron chi connectivity index (χ2n) is 8.99. The number of amides is 1. The zero-order chi connectivity index (χ0) is 18.6. The van der Waals surface area contributed by atoms with Crippen molar-refractivity contribution < 1.29 is 9.32 Å². The van der Waals surface area contributed by atoms with Crippen molar-refractivity contribution in [1.82, 2.24) is 20.4 Å². The highest BCUT2D eigenvalue weighted by Crippen LogP contribution is 2.42. The number of pyridine rings is 1. The molecule has 0 unspecified atom stereocenters. The van der Waals surface area contributed by atoms with Gasteiger partial charge in [-0.15, -0.1) is 0 Å². The standard InChI is InChI=1S/C21H28N4O2/c1-13(2)18-17-15(11-16(14-3-4-14)23-19(17)27-24-18)20(26)25-9-6-21(7-10-25)5-8-22-12-21/h11,13-14,22H,3-10,12H2,1-2H3. The molecule has 1 aliphatic carbocycles. The van der Waals surface area contributed by atoms with E-state index in [0.29, 0.717) is 17.0 Å². The molecule has 6 heteroatoms. The highest BCUT2D eigenvalue weighted by Gasteiger charge is 2.39. The predicted octanol–water partition coefficient (Wildman–Crippen LogP) is 3.44. The van der Waals surface area contributed by atoms with Gasteiger partial charge in [-0.1, -0.05) is 19.0 Å². The molecule has 0 radical (unpaired) electrons. The molecule has 27 heavy (non-hydrogen) atoms. The van der Waals surface area contributed by atoms with Crippen molar-refractivity contribution in [2.45, 2.75) is 57.8 Å². The monoisotopic (exact) mass is 368 g/mol. The molecule has 2 aromatic heterocycles. The zero-order valence-corrected chi connectivity index (χ0v) is 16.3.